The molecule has 0 aliphatic carbocycles. The second-order valence-corrected chi connectivity index (χ2v) is 5.02. The van der Waals surface area contributed by atoms with Gasteiger partial charge in [0.1, 0.15) is 17.4 Å². The number of phenols is 1. The quantitative estimate of drug-likeness (QED) is 0.327. The molecular formula is C16H28O9. The van der Waals surface area contributed by atoms with Crippen LogP contribution in [-0.4, -0.2) is 86.5 Å². The molecule has 0 saturated heterocycles. The number of hydrogen-bond donors (Lipinski definition) is 7. The summed E-state index contributed by atoms with van der Waals surface area (Å²) in [4.78, 5) is 10.3. The van der Waals surface area contributed by atoms with Gasteiger partial charge in [0.25, 0.3) is 0 Å². The van der Waals surface area contributed by atoms with Gasteiger partial charge in [-0.2, -0.15) is 0 Å². The molecule has 0 radical (unpaired) electrons. The number of carboxylic acid groups (broad SMARTS) is 1. The molecule has 0 saturated carbocycles. The molecule has 0 spiro atoms. The number of aliphatic hydroxyl groups excluding tert-OH is 5. The molecule has 25 heavy (non-hydrogen) atoms. The van der Waals surface area contributed by atoms with Gasteiger partial charge in [-0.1, -0.05) is 12.1 Å². The van der Waals surface area contributed by atoms with E-state index in [2.05, 4.69) is 0 Å². The maximum atomic E-state index is 10.3. The number of rotatable bonds is 7. The van der Waals surface area contributed by atoms with Gasteiger partial charge in [0, 0.05) is 0 Å². The monoisotopic (exact) mass is 364 g/mol. The summed E-state index contributed by atoms with van der Waals surface area (Å²) in [5.74, 6) is -1.31. The molecule has 2 unspecified atom stereocenters. The van der Waals surface area contributed by atoms with Gasteiger partial charge in [-0.25, -0.2) is 4.79 Å². The van der Waals surface area contributed by atoms with Crippen LogP contribution in [0.1, 0.15) is 24.2 Å². The summed E-state index contributed by atoms with van der Waals surface area (Å²) in [5, 5.41) is 58.5. The van der Waals surface area contributed by atoms with E-state index >= 15 is 0 Å². The fourth-order valence-electron chi connectivity index (χ4n) is 1.07. The lowest BCUT2D eigenvalue weighted by atomic mass is 10.2. The van der Waals surface area contributed by atoms with Gasteiger partial charge < -0.3 is 40.5 Å². The molecular weight excluding hydrogens is 336 g/mol. The van der Waals surface area contributed by atoms with Crippen molar-refractivity contribution >= 4 is 5.97 Å². The van der Waals surface area contributed by atoms with Crippen LogP contribution in [0.25, 0.3) is 0 Å². The van der Waals surface area contributed by atoms with E-state index in [1.165, 1.54) is 12.1 Å². The summed E-state index contributed by atoms with van der Waals surface area (Å²) in [6, 6.07) is 5.81. The van der Waals surface area contributed by atoms with Crippen molar-refractivity contribution in [3.63, 3.8) is 0 Å². The van der Waals surface area contributed by atoms with Gasteiger partial charge in [0.2, 0.25) is 0 Å². The van der Waals surface area contributed by atoms with Crippen LogP contribution in [0.3, 0.4) is 0 Å². The summed E-state index contributed by atoms with van der Waals surface area (Å²) < 4.78 is 4.95. The van der Waals surface area contributed by atoms with Crippen LogP contribution in [0.2, 0.25) is 0 Å². The summed E-state index contributed by atoms with van der Waals surface area (Å²) in [7, 11) is 0. The molecule has 2 atom stereocenters. The standard InChI is InChI=1S/C7H6O3.C6H14O3.C3H8O3/c8-6-4-2-1-3-5(6)7(9)10;1-5(8)4-9-6(2)3-7;4-1-3(6)2-5/h1-4,8H,(H,9,10);5-8H,3-4H2,1-2H3;3-6H,1-2H2. The maximum absolute atomic E-state index is 10.3. The number of aromatic hydroxyl groups is 1. The fourth-order valence-corrected chi connectivity index (χ4v) is 1.07. The van der Waals surface area contributed by atoms with Gasteiger partial charge in [-0.15, -0.1) is 0 Å². The Hall–Kier alpha value is -1.75. The largest absolute Gasteiger partial charge is 0.507 e. The Morgan fingerprint density at radius 2 is 1.56 bits per heavy atom. The number of ether oxygens (including phenoxy) is 1. The van der Waals surface area contributed by atoms with Crippen LogP contribution in [-0.2, 0) is 4.74 Å². The first kappa shape index (κ1) is 25.5. The minimum Gasteiger partial charge on any atom is -0.507 e. The summed E-state index contributed by atoms with van der Waals surface area (Å²) in [5.41, 5.74) is -0.0671. The third-order valence-corrected chi connectivity index (χ3v) is 2.44. The number of aliphatic hydroxyl groups is 5. The average molecular weight is 364 g/mol. The van der Waals surface area contributed by atoms with Crippen LogP contribution in [0.4, 0.5) is 0 Å². The second kappa shape index (κ2) is 15.8. The molecule has 0 heterocycles. The van der Waals surface area contributed by atoms with Gasteiger partial charge >= 0.3 is 5.97 Å². The molecule has 9 heteroatoms. The minimum absolute atomic E-state index is 0.00667. The third kappa shape index (κ3) is 15.5. The molecule has 146 valence electrons. The molecule has 0 fully saturated rings. The average Bonchev–Trinajstić information content (AvgIpc) is 2.60. The first-order valence-corrected chi connectivity index (χ1v) is 7.51. The highest BCUT2D eigenvalue weighted by Gasteiger charge is 2.05. The minimum atomic E-state index is -1.11. The van der Waals surface area contributed by atoms with Crippen molar-refractivity contribution in [1.82, 2.24) is 0 Å². The van der Waals surface area contributed by atoms with Crippen LogP contribution in [0, 0.1) is 0 Å². The van der Waals surface area contributed by atoms with Crippen molar-refractivity contribution in [2.24, 2.45) is 0 Å². The van der Waals surface area contributed by atoms with Crippen LogP contribution in [0.15, 0.2) is 24.3 Å². The summed E-state index contributed by atoms with van der Waals surface area (Å²) in [6.45, 7) is 2.97. The van der Waals surface area contributed by atoms with E-state index in [1.807, 2.05) is 0 Å². The Morgan fingerprint density at radius 1 is 1.04 bits per heavy atom. The van der Waals surface area contributed by atoms with E-state index in [1.54, 1.807) is 26.0 Å². The SMILES string of the molecule is CC(O)COC(C)CO.O=C(O)c1ccccc1O.OCC(O)CO. The zero-order valence-electron chi connectivity index (χ0n) is 14.3. The lowest BCUT2D eigenvalue weighted by Crippen LogP contribution is -2.19. The first-order chi connectivity index (χ1) is 11.7. The number of benzene rings is 1. The first-order valence-electron chi connectivity index (χ1n) is 7.51. The Bertz CT molecular complexity index is 447. The van der Waals surface area contributed by atoms with Crippen LogP contribution < -0.4 is 0 Å². The highest BCUT2D eigenvalue weighted by molar-refractivity contribution is 5.90. The predicted octanol–water partition coefficient (Wildman–Crippen LogP) is -0.813. The number of hydrogen-bond acceptors (Lipinski definition) is 8. The van der Waals surface area contributed by atoms with E-state index in [4.69, 9.17) is 40.5 Å². The highest BCUT2D eigenvalue weighted by atomic mass is 16.5. The fraction of sp³-hybridized carbons (Fsp3) is 0.562. The van der Waals surface area contributed by atoms with Crippen molar-refractivity contribution < 1.29 is 45.3 Å². The van der Waals surface area contributed by atoms with E-state index in [-0.39, 0.29) is 37.2 Å². The zero-order chi connectivity index (χ0) is 19.8. The van der Waals surface area contributed by atoms with E-state index in [0.717, 1.165) is 0 Å². The number of para-hydroxylation sites is 1. The topological polar surface area (TPSA) is 168 Å². The number of carbonyl (C=O) groups is 1. The molecule has 1 aromatic rings. The Morgan fingerprint density at radius 3 is 1.84 bits per heavy atom. The molecule has 1 rings (SSSR count). The highest BCUT2D eigenvalue weighted by Crippen LogP contribution is 2.14. The van der Waals surface area contributed by atoms with Gasteiger partial charge in [-0.05, 0) is 26.0 Å². The number of carboxylic acids is 1. The normalized spacial score (nSPS) is 12.3. The van der Waals surface area contributed by atoms with Gasteiger partial charge in [-0.3, -0.25) is 0 Å². The van der Waals surface area contributed by atoms with Gasteiger partial charge in [0.05, 0.1) is 38.6 Å². The van der Waals surface area contributed by atoms with E-state index in [9.17, 15) is 4.79 Å². The third-order valence-electron chi connectivity index (χ3n) is 2.44. The van der Waals surface area contributed by atoms with Crippen LogP contribution >= 0.6 is 0 Å². The second-order valence-electron chi connectivity index (χ2n) is 5.02. The van der Waals surface area contributed by atoms with Crippen LogP contribution in [0.5, 0.6) is 5.75 Å². The Labute approximate surface area is 146 Å². The Kier molecular flexibility index (Phi) is 16.1. The lowest BCUT2D eigenvalue weighted by molar-refractivity contribution is -0.0177. The molecule has 1 aromatic carbocycles. The molecule has 0 bridgehead atoms. The smallest absolute Gasteiger partial charge is 0.339 e. The molecule has 9 nitrogen and oxygen atoms in total. The van der Waals surface area contributed by atoms with Crippen molar-refractivity contribution in [3.8, 4) is 5.75 Å². The van der Waals surface area contributed by atoms with Crippen molar-refractivity contribution in [1.29, 1.82) is 0 Å². The summed E-state index contributed by atoms with van der Waals surface area (Å²) in [6.07, 6.45) is -1.57. The van der Waals surface area contributed by atoms with Crippen molar-refractivity contribution in [2.75, 3.05) is 26.4 Å². The van der Waals surface area contributed by atoms with Crippen molar-refractivity contribution in [3.05, 3.63) is 29.8 Å². The zero-order valence-corrected chi connectivity index (χ0v) is 14.3. The molecule has 0 aliphatic heterocycles. The van der Waals surface area contributed by atoms with E-state index < -0.39 is 18.2 Å². The maximum Gasteiger partial charge on any atom is 0.339 e. The molecule has 7 N–H and O–H groups in total. The number of aromatic carboxylic acids is 1. The Balaban J connectivity index is 0. The lowest BCUT2D eigenvalue weighted by Gasteiger charge is -2.10. The predicted molar refractivity (Wildman–Crippen MR) is 89.4 cm³/mol. The molecule has 0 amide bonds. The van der Waals surface area contributed by atoms with E-state index in [0.29, 0.717) is 6.61 Å². The summed E-state index contributed by atoms with van der Waals surface area (Å²) >= 11 is 0. The van der Waals surface area contributed by atoms with Crippen molar-refractivity contribution in [2.45, 2.75) is 32.2 Å². The molecule has 0 aliphatic rings. The van der Waals surface area contributed by atoms with Gasteiger partial charge in [0.15, 0.2) is 0 Å². The molecule has 0 aromatic heterocycles.